The van der Waals surface area contributed by atoms with Crippen LogP contribution in [-0.4, -0.2) is 47.6 Å². The molecule has 132 valence electrons. The Morgan fingerprint density at radius 2 is 2.17 bits per heavy atom. The number of nitrogens with zero attached hydrogens (tertiary/aromatic N) is 2. The fraction of sp³-hybridized carbons (Fsp3) is 0.684. The summed E-state index contributed by atoms with van der Waals surface area (Å²) in [6, 6.07) is 4.77. The Bertz CT molecular complexity index is 513. The van der Waals surface area contributed by atoms with E-state index in [1.807, 2.05) is 18.5 Å². The van der Waals surface area contributed by atoms with Gasteiger partial charge < -0.3 is 10.6 Å². The van der Waals surface area contributed by atoms with Gasteiger partial charge in [-0.25, -0.2) is 4.79 Å². The number of fused-ring (bicyclic) bond motifs is 3. The normalized spacial score (nSPS) is 28.5. The van der Waals surface area contributed by atoms with Crippen LogP contribution in [0.5, 0.6) is 0 Å². The molecule has 0 radical (unpaired) electrons. The van der Waals surface area contributed by atoms with Crippen molar-refractivity contribution in [2.45, 2.75) is 57.5 Å². The molecule has 2 unspecified atom stereocenters. The highest BCUT2D eigenvalue weighted by Crippen LogP contribution is 2.33. The summed E-state index contributed by atoms with van der Waals surface area (Å²) in [5.74, 6) is 0.609. The SMILES string of the molecule is CCCCCNC(=O)NC1C2CCN(CC2)C1Cc1cccnc1. The summed E-state index contributed by atoms with van der Waals surface area (Å²) in [5, 5.41) is 6.31. The lowest BCUT2D eigenvalue weighted by Crippen LogP contribution is -2.65. The van der Waals surface area contributed by atoms with Gasteiger partial charge in [-0.3, -0.25) is 9.88 Å². The van der Waals surface area contributed by atoms with E-state index in [0.717, 1.165) is 32.5 Å². The second-order valence-electron chi connectivity index (χ2n) is 7.14. The first-order valence-corrected chi connectivity index (χ1v) is 9.45. The van der Waals surface area contributed by atoms with E-state index in [4.69, 9.17) is 0 Å². The molecule has 1 aromatic heterocycles. The Kier molecular flexibility index (Phi) is 6.07. The molecule has 1 aromatic rings. The summed E-state index contributed by atoms with van der Waals surface area (Å²) in [4.78, 5) is 19.1. The molecule has 0 aromatic carbocycles. The molecular formula is C19H30N4O. The van der Waals surface area contributed by atoms with Crippen molar-refractivity contribution in [3.05, 3.63) is 30.1 Å². The Morgan fingerprint density at radius 3 is 2.88 bits per heavy atom. The summed E-state index contributed by atoms with van der Waals surface area (Å²) < 4.78 is 0. The largest absolute Gasteiger partial charge is 0.338 e. The molecule has 2 N–H and O–H groups in total. The van der Waals surface area contributed by atoms with E-state index < -0.39 is 0 Å². The molecule has 5 nitrogen and oxygen atoms in total. The van der Waals surface area contributed by atoms with Gasteiger partial charge >= 0.3 is 6.03 Å². The van der Waals surface area contributed by atoms with Crippen molar-refractivity contribution in [1.29, 1.82) is 0 Å². The second kappa shape index (κ2) is 8.47. The smallest absolute Gasteiger partial charge is 0.315 e. The number of piperidine rings is 3. The highest BCUT2D eigenvalue weighted by molar-refractivity contribution is 5.74. The van der Waals surface area contributed by atoms with Crippen molar-refractivity contribution >= 4 is 6.03 Å². The fourth-order valence-corrected chi connectivity index (χ4v) is 4.16. The molecule has 4 heterocycles. The molecule has 3 aliphatic rings. The number of hydrogen-bond acceptors (Lipinski definition) is 3. The lowest BCUT2D eigenvalue weighted by Gasteiger charge is -2.51. The average Bonchev–Trinajstić information content (AvgIpc) is 2.62. The molecule has 3 saturated heterocycles. The van der Waals surface area contributed by atoms with Crippen molar-refractivity contribution in [3.63, 3.8) is 0 Å². The van der Waals surface area contributed by atoms with Gasteiger partial charge in [-0.15, -0.1) is 0 Å². The number of carbonyl (C=O) groups is 1. The second-order valence-corrected chi connectivity index (χ2v) is 7.14. The van der Waals surface area contributed by atoms with Gasteiger partial charge in [0.2, 0.25) is 0 Å². The van der Waals surface area contributed by atoms with Crippen LogP contribution in [0.2, 0.25) is 0 Å². The van der Waals surface area contributed by atoms with Crippen LogP contribution in [0.1, 0.15) is 44.6 Å². The Labute approximate surface area is 145 Å². The van der Waals surface area contributed by atoms with Gasteiger partial charge in [-0.2, -0.15) is 0 Å². The van der Waals surface area contributed by atoms with Gasteiger partial charge in [-0.05, 0) is 56.3 Å². The number of rotatable bonds is 7. The lowest BCUT2D eigenvalue weighted by molar-refractivity contribution is 0.0177. The van der Waals surface area contributed by atoms with Crippen LogP contribution in [0.3, 0.4) is 0 Å². The zero-order valence-electron chi connectivity index (χ0n) is 14.7. The van der Waals surface area contributed by atoms with Gasteiger partial charge in [-0.1, -0.05) is 25.8 Å². The number of nitrogens with one attached hydrogen (secondary N) is 2. The van der Waals surface area contributed by atoms with Gasteiger partial charge in [0.15, 0.2) is 0 Å². The van der Waals surface area contributed by atoms with Crippen molar-refractivity contribution in [2.75, 3.05) is 19.6 Å². The fourth-order valence-electron chi connectivity index (χ4n) is 4.16. The molecule has 0 saturated carbocycles. The zero-order valence-corrected chi connectivity index (χ0v) is 14.7. The van der Waals surface area contributed by atoms with Crippen LogP contribution in [-0.2, 0) is 6.42 Å². The maximum Gasteiger partial charge on any atom is 0.315 e. The molecule has 2 bridgehead atoms. The predicted octanol–water partition coefficient (Wildman–Crippen LogP) is 2.58. The quantitative estimate of drug-likeness (QED) is 0.756. The van der Waals surface area contributed by atoms with E-state index >= 15 is 0 Å². The van der Waals surface area contributed by atoms with Crippen molar-refractivity contribution in [2.24, 2.45) is 5.92 Å². The summed E-state index contributed by atoms with van der Waals surface area (Å²) in [6.45, 7) is 5.27. The third-order valence-electron chi connectivity index (χ3n) is 5.50. The summed E-state index contributed by atoms with van der Waals surface area (Å²) in [6.07, 6.45) is 10.5. The third-order valence-corrected chi connectivity index (χ3v) is 5.50. The summed E-state index contributed by atoms with van der Waals surface area (Å²) in [5.41, 5.74) is 1.25. The first-order chi connectivity index (χ1) is 11.8. The van der Waals surface area contributed by atoms with Gasteiger partial charge in [0, 0.05) is 31.0 Å². The minimum atomic E-state index is 0.000963. The van der Waals surface area contributed by atoms with E-state index in [9.17, 15) is 4.79 Å². The topological polar surface area (TPSA) is 57.3 Å². The molecule has 4 rings (SSSR count). The van der Waals surface area contributed by atoms with Crippen molar-refractivity contribution in [1.82, 2.24) is 20.5 Å². The molecule has 0 aliphatic carbocycles. The standard InChI is InChI=1S/C19H30N4O/c1-2-3-4-10-21-19(24)22-18-16-7-11-23(12-8-16)17(18)13-15-6-5-9-20-14-15/h5-6,9,14,16-18H,2-4,7-8,10-13H2,1H3,(H2,21,22,24). The number of carbonyl (C=O) groups excluding carboxylic acids is 1. The molecule has 3 fully saturated rings. The number of pyridine rings is 1. The van der Waals surface area contributed by atoms with Crippen LogP contribution in [0, 0.1) is 5.92 Å². The summed E-state index contributed by atoms with van der Waals surface area (Å²) in [7, 11) is 0. The lowest BCUT2D eigenvalue weighted by atomic mass is 9.77. The molecule has 0 spiro atoms. The third kappa shape index (κ3) is 4.26. The first kappa shape index (κ1) is 17.2. The van der Waals surface area contributed by atoms with Crippen molar-refractivity contribution in [3.8, 4) is 0 Å². The molecule has 3 aliphatic heterocycles. The molecule has 24 heavy (non-hydrogen) atoms. The zero-order chi connectivity index (χ0) is 16.8. The number of aromatic nitrogens is 1. The van der Waals surface area contributed by atoms with E-state index in [0.29, 0.717) is 12.0 Å². The van der Waals surface area contributed by atoms with Gasteiger partial charge in [0.1, 0.15) is 0 Å². The molecule has 2 amide bonds. The van der Waals surface area contributed by atoms with Crippen molar-refractivity contribution < 1.29 is 4.79 Å². The van der Waals surface area contributed by atoms with E-state index in [-0.39, 0.29) is 12.1 Å². The molecular weight excluding hydrogens is 300 g/mol. The highest BCUT2D eigenvalue weighted by atomic mass is 16.2. The van der Waals surface area contributed by atoms with Crippen LogP contribution in [0.4, 0.5) is 4.79 Å². The highest BCUT2D eigenvalue weighted by Gasteiger charge is 2.42. The van der Waals surface area contributed by atoms with Crippen LogP contribution in [0.25, 0.3) is 0 Å². The van der Waals surface area contributed by atoms with E-state index in [1.54, 1.807) is 0 Å². The van der Waals surface area contributed by atoms with E-state index in [2.05, 4.69) is 33.5 Å². The minimum absolute atomic E-state index is 0.000963. The van der Waals surface area contributed by atoms with Gasteiger partial charge in [0.05, 0.1) is 0 Å². The van der Waals surface area contributed by atoms with Gasteiger partial charge in [0.25, 0.3) is 0 Å². The minimum Gasteiger partial charge on any atom is -0.338 e. The Balaban J connectivity index is 1.59. The maximum absolute atomic E-state index is 12.3. The molecule has 2 atom stereocenters. The van der Waals surface area contributed by atoms with E-state index in [1.165, 1.54) is 31.2 Å². The summed E-state index contributed by atoms with van der Waals surface area (Å²) >= 11 is 0. The predicted molar refractivity (Wildman–Crippen MR) is 95.9 cm³/mol. The number of unbranched alkanes of at least 4 members (excludes halogenated alkanes) is 2. The monoisotopic (exact) mass is 330 g/mol. The molecule has 5 heteroatoms. The number of hydrogen-bond donors (Lipinski definition) is 2. The van der Waals surface area contributed by atoms with Crippen LogP contribution >= 0.6 is 0 Å². The number of amides is 2. The van der Waals surface area contributed by atoms with Crippen LogP contribution < -0.4 is 10.6 Å². The number of urea groups is 1. The average molecular weight is 330 g/mol. The maximum atomic E-state index is 12.3. The van der Waals surface area contributed by atoms with Crippen LogP contribution in [0.15, 0.2) is 24.5 Å². The first-order valence-electron chi connectivity index (χ1n) is 9.45. The Hall–Kier alpha value is -1.62. The Morgan fingerprint density at radius 1 is 1.33 bits per heavy atom.